The standard InChI is InChI=1S/C14H23BrN2O3S/c1-10(2)4-6-20-7-5-17-21(18,19)14-9-12(15)8-13(16)11(14)3/h8-10,17H,4-7,16H2,1-3H3. The molecular weight excluding hydrogens is 356 g/mol. The van der Waals surface area contributed by atoms with Gasteiger partial charge >= 0.3 is 0 Å². The molecule has 0 saturated heterocycles. The van der Waals surface area contributed by atoms with Crippen molar-refractivity contribution >= 4 is 31.6 Å². The maximum atomic E-state index is 12.3. The fraction of sp³-hybridized carbons (Fsp3) is 0.571. The van der Waals surface area contributed by atoms with Crippen molar-refractivity contribution in [3.05, 3.63) is 22.2 Å². The largest absolute Gasteiger partial charge is 0.398 e. The van der Waals surface area contributed by atoms with Gasteiger partial charge in [0.15, 0.2) is 0 Å². The summed E-state index contributed by atoms with van der Waals surface area (Å²) in [4.78, 5) is 0.191. The first-order valence-corrected chi connectivity index (χ1v) is 9.14. The van der Waals surface area contributed by atoms with Crippen molar-refractivity contribution in [3.8, 4) is 0 Å². The van der Waals surface area contributed by atoms with Gasteiger partial charge in [-0.25, -0.2) is 13.1 Å². The molecule has 0 aliphatic heterocycles. The molecule has 0 aliphatic rings. The summed E-state index contributed by atoms with van der Waals surface area (Å²) in [6.07, 6.45) is 0.966. The smallest absolute Gasteiger partial charge is 0.241 e. The number of nitrogen functional groups attached to an aromatic ring is 1. The number of anilines is 1. The summed E-state index contributed by atoms with van der Waals surface area (Å²) in [6, 6.07) is 3.23. The number of nitrogens with one attached hydrogen (secondary N) is 1. The second-order valence-electron chi connectivity index (χ2n) is 5.31. The van der Waals surface area contributed by atoms with Crippen molar-refractivity contribution < 1.29 is 13.2 Å². The van der Waals surface area contributed by atoms with Crippen LogP contribution in [0.25, 0.3) is 0 Å². The van der Waals surface area contributed by atoms with Crippen LogP contribution in [0.15, 0.2) is 21.5 Å². The Morgan fingerprint density at radius 3 is 2.62 bits per heavy atom. The van der Waals surface area contributed by atoms with E-state index >= 15 is 0 Å². The third-order valence-electron chi connectivity index (χ3n) is 3.03. The first-order valence-electron chi connectivity index (χ1n) is 6.87. The van der Waals surface area contributed by atoms with Gasteiger partial charge in [0.05, 0.1) is 11.5 Å². The Kier molecular flexibility index (Phi) is 7.12. The number of sulfonamides is 1. The molecule has 0 atom stereocenters. The highest BCUT2D eigenvalue weighted by molar-refractivity contribution is 9.10. The van der Waals surface area contributed by atoms with Crippen LogP contribution in [0.1, 0.15) is 25.8 Å². The third-order valence-corrected chi connectivity index (χ3v) is 5.08. The van der Waals surface area contributed by atoms with E-state index in [-0.39, 0.29) is 11.4 Å². The van der Waals surface area contributed by atoms with Crippen LogP contribution in [0.5, 0.6) is 0 Å². The van der Waals surface area contributed by atoms with Gasteiger partial charge < -0.3 is 10.5 Å². The van der Waals surface area contributed by atoms with Crippen LogP contribution in [-0.2, 0) is 14.8 Å². The van der Waals surface area contributed by atoms with E-state index in [1.165, 1.54) is 0 Å². The zero-order chi connectivity index (χ0) is 16.0. The molecule has 0 unspecified atom stereocenters. The first-order chi connectivity index (χ1) is 9.74. The summed E-state index contributed by atoms with van der Waals surface area (Å²) >= 11 is 3.26. The molecule has 0 radical (unpaired) electrons. The molecule has 1 aromatic rings. The zero-order valence-electron chi connectivity index (χ0n) is 12.6. The summed E-state index contributed by atoms with van der Waals surface area (Å²) in [5, 5.41) is 0. The van der Waals surface area contributed by atoms with Gasteiger partial charge in [0.2, 0.25) is 10.0 Å². The van der Waals surface area contributed by atoms with E-state index < -0.39 is 10.0 Å². The minimum atomic E-state index is -3.58. The quantitative estimate of drug-likeness (QED) is 0.538. The van der Waals surface area contributed by atoms with Crippen molar-refractivity contribution in [1.82, 2.24) is 4.72 Å². The van der Waals surface area contributed by atoms with Crippen molar-refractivity contribution in [2.45, 2.75) is 32.1 Å². The predicted octanol–water partition coefficient (Wildman–Crippen LogP) is 2.68. The molecule has 7 heteroatoms. The van der Waals surface area contributed by atoms with Gasteiger partial charge in [-0.15, -0.1) is 0 Å². The van der Waals surface area contributed by atoms with Gasteiger partial charge in [-0.1, -0.05) is 29.8 Å². The summed E-state index contributed by atoms with van der Waals surface area (Å²) in [5.41, 5.74) is 6.78. The summed E-state index contributed by atoms with van der Waals surface area (Å²) < 4.78 is 33.1. The topological polar surface area (TPSA) is 81.4 Å². The molecule has 0 aromatic heterocycles. The maximum Gasteiger partial charge on any atom is 0.241 e. The van der Waals surface area contributed by atoms with Crippen LogP contribution >= 0.6 is 15.9 Å². The molecule has 1 rings (SSSR count). The van der Waals surface area contributed by atoms with Crippen molar-refractivity contribution in [2.75, 3.05) is 25.5 Å². The average molecular weight is 379 g/mol. The molecule has 0 fully saturated rings. The maximum absolute atomic E-state index is 12.3. The number of nitrogens with two attached hydrogens (primary N) is 1. The number of rotatable bonds is 8. The molecule has 21 heavy (non-hydrogen) atoms. The van der Waals surface area contributed by atoms with E-state index in [9.17, 15) is 8.42 Å². The zero-order valence-corrected chi connectivity index (χ0v) is 15.1. The van der Waals surface area contributed by atoms with Crippen LogP contribution in [0.4, 0.5) is 5.69 Å². The van der Waals surface area contributed by atoms with E-state index in [4.69, 9.17) is 10.5 Å². The van der Waals surface area contributed by atoms with E-state index in [0.717, 1.165) is 6.42 Å². The number of halogens is 1. The van der Waals surface area contributed by atoms with Crippen molar-refractivity contribution in [1.29, 1.82) is 0 Å². The second kappa shape index (κ2) is 8.12. The van der Waals surface area contributed by atoms with Crippen LogP contribution in [0, 0.1) is 12.8 Å². The Bertz CT molecular complexity index is 574. The summed E-state index contributed by atoms with van der Waals surface area (Å²) in [5.74, 6) is 0.578. The lowest BCUT2D eigenvalue weighted by molar-refractivity contribution is 0.128. The number of hydrogen-bond donors (Lipinski definition) is 2. The van der Waals surface area contributed by atoms with Crippen molar-refractivity contribution in [3.63, 3.8) is 0 Å². The fourth-order valence-electron chi connectivity index (χ4n) is 1.70. The molecule has 120 valence electrons. The first kappa shape index (κ1) is 18.4. The van der Waals surface area contributed by atoms with Gasteiger partial charge in [0, 0.05) is 23.3 Å². The average Bonchev–Trinajstić information content (AvgIpc) is 2.37. The second-order valence-corrected chi connectivity index (χ2v) is 7.96. The third kappa shape index (κ3) is 5.94. The van der Waals surface area contributed by atoms with Crippen LogP contribution < -0.4 is 10.5 Å². The van der Waals surface area contributed by atoms with Crippen LogP contribution in [0.3, 0.4) is 0 Å². The Morgan fingerprint density at radius 2 is 2.00 bits per heavy atom. The van der Waals surface area contributed by atoms with Gasteiger partial charge in [0.1, 0.15) is 0 Å². The Balaban J connectivity index is 2.59. The molecule has 5 nitrogen and oxygen atoms in total. The van der Waals surface area contributed by atoms with Crippen LogP contribution in [0.2, 0.25) is 0 Å². The molecule has 0 spiro atoms. The van der Waals surface area contributed by atoms with E-state index in [2.05, 4.69) is 34.5 Å². The Labute approximate surface area is 135 Å². The summed E-state index contributed by atoms with van der Waals surface area (Å²) in [7, 11) is -3.58. The molecule has 0 bridgehead atoms. The molecule has 0 heterocycles. The van der Waals surface area contributed by atoms with Crippen molar-refractivity contribution in [2.24, 2.45) is 5.92 Å². The Hall–Kier alpha value is -0.630. The molecule has 3 N–H and O–H groups in total. The highest BCUT2D eigenvalue weighted by Crippen LogP contribution is 2.26. The Morgan fingerprint density at radius 1 is 1.33 bits per heavy atom. The number of ether oxygens (including phenoxy) is 1. The summed E-state index contributed by atoms with van der Waals surface area (Å²) in [6.45, 7) is 7.16. The van der Waals surface area contributed by atoms with E-state index in [1.807, 2.05) is 0 Å². The lowest BCUT2D eigenvalue weighted by Gasteiger charge is -2.12. The molecule has 0 aliphatic carbocycles. The SMILES string of the molecule is Cc1c(N)cc(Br)cc1S(=O)(=O)NCCOCCC(C)C. The minimum Gasteiger partial charge on any atom is -0.398 e. The predicted molar refractivity (Wildman–Crippen MR) is 88.8 cm³/mol. The molecule has 0 amide bonds. The van der Waals surface area contributed by atoms with Gasteiger partial charge in [-0.05, 0) is 37.0 Å². The van der Waals surface area contributed by atoms with E-state index in [0.29, 0.717) is 34.9 Å². The normalized spacial score (nSPS) is 12.0. The lowest BCUT2D eigenvalue weighted by Crippen LogP contribution is -2.28. The van der Waals surface area contributed by atoms with Gasteiger partial charge in [0.25, 0.3) is 0 Å². The fourth-order valence-corrected chi connectivity index (χ4v) is 3.64. The molecule has 1 aromatic carbocycles. The number of benzene rings is 1. The van der Waals surface area contributed by atoms with E-state index in [1.54, 1.807) is 19.1 Å². The number of hydrogen-bond acceptors (Lipinski definition) is 4. The van der Waals surface area contributed by atoms with Gasteiger partial charge in [-0.2, -0.15) is 0 Å². The molecule has 0 saturated carbocycles. The minimum absolute atomic E-state index is 0.191. The van der Waals surface area contributed by atoms with Gasteiger partial charge in [-0.3, -0.25) is 0 Å². The monoisotopic (exact) mass is 378 g/mol. The highest BCUT2D eigenvalue weighted by atomic mass is 79.9. The molecular formula is C14H23BrN2O3S. The highest BCUT2D eigenvalue weighted by Gasteiger charge is 2.18. The lowest BCUT2D eigenvalue weighted by atomic mass is 10.1. The van der Waals surface area contributed by atoms with Crippen LogP contribution in [-0.4, -0.2) is 28.2 Å².